The normalized spacial score (nSPS) is 11.3. The molecule has 2 aromatic carbocycles. The highest BCUT2D eigenvalue weighted by molar-refractivity contribution is 5.94. The third-order valence-corrected chi connectivity index (χ3v) is 8.13. The Labute approximate surface area is 279 Å². The molecule has 0 radical (unpaired) electrons. The Balaban J connectivity index is 1.40. The first-order chi connectivity index (χ1) is 23.6. The molecule has 0 amide bonds. The molecular formula is C38H31F2N3O6. The zero-order valence-corrected chi connectivity index (χ0v) is 26.5. The van der Waals surface area contributed by atoms with Gasteiger partial charge >= 0.3 is 11.9 Å². The highest BCUT2D eigenvalue weighted by Gasteiger charge is 2.20. The van der Waals surface area contributed by atoms with Crippen molar-refractivity contribution >= 4 is 34.7 Å². The van der Waals surface area contributed by atoms with Crippen LogP contribution in [0.3, 0.4) is 0 Å². The molecule has 11 heteroatoms. The lowest BCUT2D eigenvalue weighted by molar-refractivity contribution is 0.0679. The molecule has 0 saturated carbocycles. The van der Waals surface area contributed by atoms with Crippen LogP contribution in [-0.4, -0.2) is 38.1 Å². The Bertz CT molecular complexity index is 2280. The van der Waals surface area contributed by atoms with Crippen molar-refractivity contribution in [1.82, 2.24) is 8.80 Å². The van der Waals surface area contributed by atoms with Gasteiger partial charge in [0.25, 0.3) is 0 Å². The number of carbonyl (C=O) groups is 2. The molecule has 49 heavy (non-hydrogen) atoms. The highest BCUT2D eigenvalue weighted by Crippen LogP contribution is 2.37. The van der Waals surface area contributed by atoms with E-state index in [0.717, 1.165) is 34.4 Å². The maximum Gasteiger partial charge on any atom is 0.355 e. The molecule has 0 spiro atoms. The summed E-state index contributed by atoms with van der Waals surface area (Å²) in [4.78, 5) is 24.2. The lowest BCUT2D eigenvalue weighted by Gasteiger charge is -2.15. The smallest absolute Gasteiger partial charge is 0.355 e. The number of aryl methyl sites for hydroxylation is 1. The van der Waals surface area contributed by atoms with E-state index in [2.05, 4.69) is 11.9 Å². The van der Waals surface area contributed by atoms with E-state index in [1.165, 1.54) is 13.2 Å². The first-order valence-electron chi connectivity index (χ1n) is 15.2. The molecule has 0 fully saturated rings. The van der Waals surface area contributed by atoms with Gasteiger partial charge in [-0.15, -0.1) is 0 Å². The van der Waals surface area contributed by atoms with Crippen molar-refractivity contribution in [3.05, 3.63) is 138 Å². The monoisotopic (exact) mass is 663 g/mol. The topological polar surface area (TPSA) is 114 Å². The van der Waals surface area contributed by atoms with Gasteiger partial charge in [0.05, 0.1) is 12.8 Å². The number of ether oxygens (including phenoxy) is 2. The minimum absolute atomic E-state index is 0.0415. The Morgan fingerprint density at radius 2 is 1.65 bits per heavy atom. The second kappa shape index (κ2) is 13.4. The van der Waals surface area contributed by atoms with Crippen molar-refractivity contribution in [2.45, 2.75) is 19.9 Å². The summed E-state index contributed by atoms with van der Waals surface area (Å²) in [6.45, 7) is 5.78. The van der Waals surface area contributed by atoms with Gasteiger partial charge in [0.1, 0.15) is 17.2 Å². The minimum Gasteiger partial charge on any atom is -0.491 e. The summed E-state index contributed by atoms with van der Waals surface area (Å²) in [7, 11) is 1.17. The Kier molecular flexibility index (Phi) is 8.91. The second-order valence-electron chi connectivity index (χ2n) is 11.1. The lowest BCUT2D eigenvalue weighted by atomic mass is 9.94. The van der Waals surface area contributed by atoms with Crippen LogP contribution < -0.4 is 14.8 Å². The Morgan fingerprint density at radius 1 is 0.918 bits per heavy atom. The number of nitrogens with one attached hydrogen (secondary N) is 1. The van der Waals surface area contributed by atoms with Crippen LogP contribution in [0.5, 0.6) is 17.2 Å². The van der Waals surface area contributed by atoms with Gasteiger partial charge in [0.15, 0.2) is 23.1 Å². The number of rotatable bonds is 12. The summed E-state index contributed by atoms with van der Waals surface area (Å²) < 4.78 is 42.7. The molecule has 9 nitrogen and oxygen atoms in total. The molecule has 4 heterocycles. The van der Waals surface area contributed by atoms with Gasteiger partial charge < -0.3 is 33.8 Å². The van der Waals surface area contributed by atoms with E-state index in [0.29, 0.717) is 29.0 Å². The number of fused-ring (bicyclic) bond motifs is 2. The van der Waals surface area contributed by atoms with Gasteiger partial charge in [0.2, 0.25) is 0 Å². The SMILES string of the molecule is C=C/C=C\c1c(CC)cc(Oc2ccn3c(C(=O)O)ccc3c2)cc1-c1cc2ccc(NCc3cc(F)c(OC)c(F)c3)c(C(=O)O)n2c1. The Hall–Kier alpha value is -6.36. The van der Waals surface area contributed by atoms with Crippen LogP contribution in [0.15, 0.2) is 97.9 Å². The number of allylic oxidation sites excluding steroid dienone is 2. The third kappa shape index (κ3) is 6.33. The van der Waals surface area contributed by atoms with Gasteiger partial charge in [-0.3, -0.25) is 0 Å². The van der Waals surface area contributed by atoms with Gasteiger partial charge in [-0.2, -0.15) is 0 Å². The van der Waals surface area contributed by atoms with Crippen molar-refractivity contribution in [2.24, 2.45) is 0 Å². The predicted molar refractivity (Wildman–Crippen MR) is 183 cm³/mol. The van der Waals surface area contributed by atoms with Crippen molar-refractivity contribution in [3.8, 4) is 28.4 Å². The molecule has 0 saturated heterocycles. The summed E-state index contributed by atoms with van der Waals surface area (Å²) in [5, 5.41) is 22.8. The second-order valence-corrected chi connectivity index (χ2v) is 11.1. The molecule has 0 atom stereocenters. The average molecular weight is 664 g/mol. The van der Waals surface area contributed by atoms with E-state index in [-0.39, 0.29) is 29.2 Å². The molecular weight excluding hydrogens is 632 g/mol. The van der Waals surface area contributed by atoms with E-state index in [1.807, 2.05) is 37.3 Å². The van der Waals surface area contributed by atoms with Crippen LogP contribution in [0.25, 0.3) is 28.2 Å². The largest absolute Gasteiger partial charge is 0.491 e. The van der Waals surface area contributed by atoms with Crippen LogP contribution in [0.1, 0.15) is 44.6 Å². The number of aromatic carboxylic acids is 2. The summed E-state index contributed by atoms with van der Waals surface area (Å²) in [6.07, 6.45) is 9.45. The van der Waals surface area contributed by atoms with Crippen LogP contribution in [0.4, 0.5) is 14.5 Å². The van der Waals surface area contributed by atoms with E-state index in [4.69, 9.17) is 9.47 Å². The van der Waals surface area contributed by atoms with Crippen LogP contribution in [0, 0.1) is 11.6 Å². The third-order valence-electron chi connectivity index (χ3n) is 8.13. The summed E-state index contributed by atoms with van der Waals surface area (Å²) >= 11 is 0. The highest BCUT2D eigenvalue weighted by atomic mass is 19.1. The van der Waals surface area contributed by atoms with Gasteiger partial charge in [-0.1, -0.05) is 31.7 Å². The molecule has 0 unspecified atom stereocenters. The van der Waals surface area contributed by atoms with Crippen LogP contribution in [0.2, 0.25) is 0 Å². The van der Waals surface area contributed by atoms with E-state index >= 15 is 0 Å². The lowest BCUT2D eigenvalue weighted by Crippen LogP contribution is -2.11. The summed E-state index contributed by atoms with van der Waals surface area (Å²) in [6, 6.07) is 18.0. The zero-order chi connectivity index (χ0) is 34.8. The Morgan fingerprint density at radius 3 is 2.33 bits per heavy atom. The fourth-order valence-electron chi connectivity index (χ4n) is 5.89. The molecule has 4 aromatic heterocycles. The zero-order valence-electron chi connectivity index (χ0n) is 26.5. The van der Waals surface area contributed by atoms with E-state index < -0.39 is 29.3 Å². The first-order valence-corrected chi connectivity index (χ1v) is 15.2. The predicted octanol–water partition coefficient (Wildman–Crippen LogP) is 8.71. The van der Waals surface area contributed by atoms with Crippen molar-refractivity contribution in [2.75, 3.05) is 12.4 Å². The fourth-order valence-corrected chi connectivity index (χ4v) is 5.89. The van der Waals surface area contributed by atoms with E-state index in [9.17, 15) is 28.6 Å². The quantitative estimate of drug-likeness (QED) is 0.112. The number of pyridine rings is 2. The maximum absolute atomic E-state index is 14.3. The average Bonchev–Trinajstić information content (AvgIpc) is 3.70. The van der Waals surface area contributed by atoms with Crippen molar-refractivity contribution in [1.29, 1.82) is 0 Å². The molecule has 6 rings (SSSR count). The molecule has 0 bridgehead atoms. The number of carboxylic acids is 2. The number of nitrogens with zero attached hydrogens (tertiary/aromatic N) is 2. The summed E-state index contributed by atoms with van der Waals surface area (Å²) in [5.41, 5.74) is 5.22. The number of hydrogen-bond donors (Lipinski definition) is 3. The van der Waals surface area contributed by atoms with Gasteiger partial charge in [0, 0.05) is 41.6 Å². The molecule has 3 N–H and O–H groups in total. The number of hydrogen-bond acceptors (Lipinski definition) is 5. The molecule has 0 aliphatic heterocycles. The molecule has 0 aliphatic rings. The fraction of sp³-hybridized carbons (Fsp3) is 0.105. The number of anilines is 1. The van der Waals surface area contributed by atoms with Crippen molar-refractivity contribution in [3.63, 3.8) is 0 Å². The molecule has 248 valence electrons. The number of benzene rings is 2. The van der Waals surface area contributed by atoms with E-state index in [1.54, 1.807) is 57.6 Å². The first kappa shape index (κ1) is 32.6. The maximum atomic E-state index is 14.3. The number of carboxylic acid groups (broad SMARTS) is 2. The van der Waals surface area contributed by atoms with Gasteiger partial charge in [-0.25, -0.2) is 18.4 Å². The van der Waals surface area contributed by atoms with Crippen LogP contribution in [-0.2, 0) is 13.0 Å². The number of aromatic nitrogens is 2. The summed E-state index contributed by atoms with van der Waals surface area (Å²) in [5.74, 6) is -3.41. The molecule has 6 aromatic rings. The minimum atomic E-state index is -1.20. The number of halogens is 2. The van der Waals surface area contributed by atoms with Gasteiger partial charge in [-0.05, 0) is 89.3 Å². The van der Waals surface area contributed by atoms with Crippen LogP contribution >= 0.6 is 0 Å². The van der Waals surface area contributed by atoms with Crippen molar-refractivity contribution < 1.29 is 38.1 Å². The standard InChI is InChI=1S/C38H31F2N3O6/c1-4-6-7-29-23(5-2)17-28(49-27-12-13-42-26(18-27)9-11-34(42)37(44)45)19-30(29)24-16-25-8-10-33(35(38(46)47)43(25)21-24)41-20-22-14-31(39)36(48-3)32(40)15-22/h4,6-19,21,41H,1,5,20H2,2-3H3,(H,44,45)(H,46,47)/b7-6-. The molecule has 0 aliphatic carbocycles. The number of methoxy groups -OCH3 is 1.